The fourth-order valence-corrected chi connectivity index (χ4v) is 3.18. The number of rotatable bonds is 2. The molecule has 4 heteroatoms. The Balaban J connectivity index is 1.99. The van der Waals surface area contributed by atoms with Gasteiger partial charge in [-0.2, -0.15) is 0 Å². The van der Waals surface area contributed by atoms with Gasteiger partial charge < -0.3 is 10.0 Å². The van der Waals surface area contributed by atoms with Crippen LogP contribution >= 0.6 is 22.9 Å². The Labute approximate surface area is 99.5 Å². The van der Waals surface area contributed by atoms with Crippen molar-refractivity contribution in [1.82, 2.24) is 0 Å². The monoisotopic (exact) mass is 245 g/mol. The van der Waals surface area contributed by atoms with E-state index in [2.05, 4.69) is 18.0 Å². The van der Waals surface area contributed by atoms with Gasteiger partial charge in [-0.05, 0) is 37.8 Å². The first-order chi connectivity index (χ1) is 7.16. The molecule has 1 heterocycles. The van der Waals surface area contributed by atoms with Crippen LogP contribution in [0.15, 0.2) is 12.1 Å². The molecular formula is C11H16ClNOS. The maximum atomic E-state index is 9.45. The number of hydrogen-bond donors (Lipinski definition) is 1. The van der Waals surface area contributed by atoms with Crippen LogP contribution in [0.4, 0.5) is 5.00 Å². The van der Waals surface area contributed by atoms with E-state index in [1.165, 1.54) is 5.00 Å². The second kappa shape index (κ2) is 4.73. The summed E-state index contributed by atoms with van der Waals surface area (Å²) in [6.45, 7) is 0. The molecule has 0 bridgehead atoms. The van der Waals surface area contributed by atoms with E-state index in [9.17, 15) is 5.11 Å². The molecule has 0 unspecified atom stereocenters. The molecule has 1 fully saturated rings. The molecule has 0 aliphatic heterocycles. The van der Waals surface area contributed by atoms with E-state index >= 15 is 0 Å². The zero-order valence-corrected chi connectivity index (χ0v) is 10.4. The molecule has 1 N–H and O–H groups in total. The van der Waals surface area contributed by atoms with Crippen LogP contribution in [0.25, 0.3) is 0 Å². The Morgan fingerprint density at radius 2 is 2.00 bits per heavy atom. The summed E-state index contributed by atoms with van der Waals surface area (Å²) in [5.74, 6) is 0. The van der Waals surface area contributed by atoms with Gasteiger partial charge in [0.15, 0.2) is 0 Å². The van der Waals surface area contributed by atoms with Crippen LogP contribution in [0, 0.1) is 0 Å². The SMILES string of the molecule is CN(c1ccc(Cl)s1)C1CCC(O)CC1. The lowest BCUT2D eigenvalue weighted by molar-refractivity contribution is 0.122. The summed E-state index contributed by atoms with van der Waals surface area (Å²) in [5, 5.41) is 10.7. The molecule has 0 spiro atoms. The number of anilines is 1. The number of aliphatic hydroxyl groups excluding tert-OH is 1. The van der Waals surface area contributed by atoms with Crippen LogP contribution in [0.1, 0.15) is 25.7 Å². The van der Waals surface area contributed by atoms with Crippen molar-refractivity contribution < 1.29 is 5.11 Å². The number of aliphatic hydroxyl groups is 1. The molecule has 1 aliphatic rings. The van der Waals surface area contributed by atoms with Crippen LogP contribution in [-0.4, -0.2) is 24.3 Å². The predicted molar refractivity (Wildman–Crippen MR) is 66.0 cm³/mol. The molecule has 15 heavy (non-hydrogen) atoms. The number of halogens is 1. The first kappa shape index (κ1) is 11.2. The summed E-state index contributed by atoms with van der Waals surface area (Å²) in [6.07, 6.45) is 3.92. The Kier molecular flexibility index (Phi) is 3.54. The second-order valence-corrected chi connectivity index (χ2v) is 5.84. The minimum Gasteiger partial charge on any atom is -0.393 e. The van der Waals surface area contributed by atoms with Gasteiger partial charge in [0, 0.05) is 13.1 Å². The number of thiophene rings is 1. The number of nitrogens with zero attached hydrogens (tertiary/aromatic N) is 1. The van der Waals surface area contributed by atoms with E-state index in [4.69, 9.17) is 11.6 Å². The Morgan fingerprint density at radius 3 is 2.53 bits per heavy atom. The highest BCUT2D eigenvalue weighted by atomic mass is 35.5. The van der Waals surface area contributed by atoms with Gasteiger partial charge in [0.1, 0.15) is 0 Å². The van der Waals surface area contributed by atoms with Crippen molar-refractivity contribution in [3.63, 3.8) is 0 Å². The number of hydrogen-bond acceptors (Lipinski definition) is 3. The lowest BCUT2D eigenvalue weighted by Crippen LogP contribution is -2.35. The first-order valence-corrected chi connectivity index (χ1v) is 6.52. The van der Waals surface area contributed by atoms with Crippen molar-refractivity contribution in [3.05, 3.63) is 16.5 Å². The summed E-state index contributed by atoms with van der Waals surface area (Å²) >= 11 is 7.54. The minimum absolute atomic E-state index is 0.0819. The van der Waals surface area contributed by atoms with Crippen LogP contribution in [0.3, 0.4) is 0 Å². The Bertz CT molecular complexity index is 320. The largest absolute Gasteiger partial charge is 0.393 e. The van der Waals surface area contributed by atoms with Gasteiger partial charge in [0.05, 0.1) is 15.4 Å². The van der Waals surface area contributed by atoms with Gasteiger partial charge in [0.2, 0.25) is 0 Å². The third-order valence-corrected chi connectivity index (χ3v) is 4.44. The lowest BCUT2D eigenvalue weighted by Gasteiger charge is -2.33. The van der Waals surface area contributed by atoms with E-state index in [0.717, 1.165) is 30.0 Å². The van der Waals surface area contributed by atoms with E-state index in [0.29, 0.717) is 6.04 Å². The van der Waals surface area contributed by atoms with E-state index in [-0.39, 0.29) is 6.10 Å². The molecule has 0 saturated heterocycles. The molecule has 0 aromatic carbocycles. The zero-order chi connectivity index (χ0) is 10.8. The molecule has 1 aliphatic carbocycles. The van der Waals surface area contributed by atoms with Crippen molar-refractivity contribution in [2.24, 2.45) is 0 Å². The van der Waals surface area contributed by atoms with E-state index in [1.807, 2.05) is 6.07 Å². The van der Waals surface area contributed by atoms with Gasteiger partial charge in [0.25, 0.3) is 0 Å². The highest BCUT2D eigenvalue weighted by Gasteiger charge is 2.23. The molecule has 1 saturated carbocycles. The Hall–Kier alpha value is -0.250. The average Bonchev–Trinajstić information content (AvgIpc) is 2.65. The van der Waals surface area contributed by atoms with Crippen molar-refractivity contribution >= 4 is 27.9 Å². The predicted octanol–water partition coefficient (Wildman–Crippen LogP) is 3.14. The third-order valence-electron chi connectivity index (χ3n) is 3.12. The molecule has 1 aromatic rings. The normalized spacial score (nSPS) is 26.6. The van der Waals surface area contributed by atoms with Crippen LogP contribution in [0.5, 0.6) is 0 Å². The van der Waals surface area contributed by atoms with Gasteiger partial charge in [-0.1, -0.05) is 11.6 Å². The van der Waals surface area contributed by atoms with Crippen molar-refractivity contribution in [2.75, 3.05) is 11.9 Å². The summed E-state index contributed by atoms with van der Waals surface area (Å²) in [6, 6.07) is 4.57. The van der Waals surface area contributed by atoms with Crippen molar-refractivity contribution in [3.8, 4) is 0 Å². The average molecular weight is 246 g/mol. The minimum atomic E-state index is -0.0819. The van der Waals surface area contributed by atoms with Crippen LogP contribution in [0.2, 0.25) is 4.34 Å². The lowest BCUT2D eigenvalue weighted by atomic mass is 9.92. The third kappa shape index (κ3) is 2.65. The smallest absolute Gasteiger partial charge is 0.0950 e. The quantitative estimate of drug-likeness (QED) is 0.865. The summed E-state index contributed by atoms with van der Waals surface area (Å²) < 4.78 is 0.840. The Morgan fingerprint density at radius 1 is 1.33 bits per heavy atom. The first-order valence-electron chi connectivity index (χ1n) is 5.33. The summed E-state index contributed by atoms with van der Waals surface area (Å²) in [5.41, 5.74) is 0. The van der Waals surface area contributed by atoms with Gasteiger partial charge >= 0.3 is 0 Å². The highest BCUT2D eigenvalue weighted by molar-refractivity contribution is 7.19. The fraction of sp³-hybridized carbons (Fsp3) is 0.636. The van der Waals surface area contributed by atoms with Gasteiger partial charge in [-0.3, -0.25) is 0 Å². The van der Waals surface area contributed by atoms with E-state index in [1.54, 1.807) is 11.3 Å². The second-order valence-electron chi connectivity index (χ2n) is 4.15. The molecule has 0 amide bonds. The zero-order valence-electron chi connectivity index (χ0n) is 8.82. The van der Waals surface area contributed by atoms with Gasteiger partial charge in [-0.15, -0.1) is 11.3 Å². The van der Waals surface area contributed by atoms with Crippen molar-refractivity contribution in [1.29, 1.82) is 0 Å². The molecule has 2 nitrogen and oxygen atoms in total. The van der Waals surface area contributed by atoms with Crippen LogP contribution < -0.4 is 4.90 Å². The van der Waals surface area contributed by atoms with Crippen molar-refractivity contribution in [2.45, 2.75) is 37.8 Å². The van der Waals surface area contributed by atoms with Crippen LogP contribution in [-0.2, 0) is 0 Å². The summed E-state index contributed by atoms with van der Waals surface area (Å²) in [4.78, 5) is 2.29. The fourth-order valence-electron chi connectivity index (χ4n) is 2.12. The van der Waals surface area contributed by atoms with E-state index < -0.39 is 0 Å². The highest BCUT2D eigenvalue weighted by Crippen LogP contribution is 2.33. The molecule has 1 aromatic heterocycles. The standard InChI is InChI=1S/C11H16ClNOS/c1-13(11-7-6-10(12)15-11)8-2-4-9(14)5-3-8/h6-9,14H,2-5H2,1H3. The van der Waals surface area contributed by atoms with Gasteiger partial charge in [-0.25, -0.2) is 0 Å². The summed E-state index contributed by atoms with van der Waals surface area (Å²) in [7, 11) is 2.12. The molecule has 2 rings (SSSR count). The topological polar surface area (TPSA) is 23.5 Å². The maximum Gasteiger partial charge on any atom is 0.0950 e. The molecular weight excluding hydrogens is 230 g/mol. The molecule has 84 valence electrons. The molecule has 0 radical (unpaired) electrons. The molecule has 0 atom stereocenters. The maximum absolute atomic E-state index is 9.45.